The zero-order chi connectivity index (χ0) is 15.8. The Bertz CT molecular complexity index is 541. The average molecular weight is 291 g/mol. The Balaban J connectivity index is 2.12. The molecule has 1 fully saturated rings. The van der Waals surface area contributed by atoms with E-state index >= 15 is 0 Å². The molecule has 0 aliphatic carbocycles. The summed E-state index contributed by atoms with van der Waals surface area (Å²) < 4.78 is 16.6. The van der Waals surface area contributed by atoms with Gasteiger partial charge in [-0.2, -0.15) is 0 Å². The molecule has 1 aromatic rings. The second-order valence-electron chi connectivity index (χ2n) is 6.30. The standard InChI is InChI=1S/C15H22BNO4/c1-14(2)15(3,4)21-16(20-14)9-10-6-7-11(12(17)8-10)13(18)19-5/h6-8H,9,17H2,1-5H3. The van der Waals surface area contributed by atoms with Gasteiger partial charge in [-0.25, -0.2) is 4.79 Å². The SMILES string of the molecule is COC(=O)c1ccc(CB2OC(C)(C)C(C)(C)O2)cc1N. The number of carbonyl (C=O) groups is 1. The number of methoxy groups -OCH3 is 1. The van der Waals surface area contributed by atoms with Crippen molar-refractivity contribution in [1.29, 1.82) is 0 Å². The van der Waals surface area contributed by atoms with Crippen LogP contribution in [-0.2, 0) is 20.4 Å². The van der Waals surface area contributed by atoms with Crippen LogP contribution in [0.2, 0.25) is 0 Å². The maximum atomic E-state index is 11.5. The van der Waals surface area contributed by atoms with Crippen molar-refractivity contribution in [3.05, 3.63) is 29.3 Å². The molecule has 6 heteroatoms. The van der Waals surface area contributed by atoms with Crippen LogP contribution in [0, 0.1) is 0 Å². The van der Waals surface area contributed by atoms with Crippen LogP contribution in [0.15, 0.2) is 18.2 Å². The van der Waals surface area contributed by atoms with E-state index in [1.807, 2.05) is 33.8 Å². The molecule has 0 saturated carbocycles. The molecule has 0 amide bonds. The van der Waals surface area contributed by atoms with E-state index in [9.17, 15) is 4.79 Å². The van der Waals surface area contributed by atoms with Crippen LogP contribution < -0.4 is 5.73 Å². The van der Waals surface area contributed by atoms with Gasteiger partial charge in [-0.1, -0.05) is 6.07 Å². The minimum absolute atomic E-state index is 0.321. The fraction of sp³-hybridized carbons (Fsp3) is 0.533. The number of rotatable bonds is 3. The van der Waals surface area contributed by atoms with Gasteiger partial charge in [0.2, 0.25) is 0 Å². The summed E-state index contributed by atoms with van der Waals surface area (Å²) in [7, 11) is 1.01. The van der Waals surface area contributed by atoms with E-state index in [0.29, 0.717) is 17.6 Å². The first-order valence-corrected chi connectivity index (χ1v) is 6.98. The van der Waals surface area contributed by atoms with Gasteiger partial charge >= 0.3 is 13.1 Å². The molecule has 0 spiro atoms. The number of nitrogen functional groups attached to an aromatic ring is 1. The second-order valence-corrected chi connectivity index (χ2v) is 6.30. The predicted octanol–water partition coefficient (Wildman–Crippen LogP) is 2.23. The van der Waals surface area contributed by atoms with Crippen molar-refractivity contribution in [1.82, 2.24) is 0 Å². The molecule has 0 unspecified atom stereocenters. The van der Waals surface area contributed by atoms with Crippen LogP contribution in [-0.4, -0.2) is 31.4 Å². The molecule has 0 radical (unpaired) electrons. The van der Waals surface area contributed by atoms with Crippen LogP contribution >= 0.6 is 0 Å². The molecular formula is C15H22BNO4. The molecule has 2 rings (SSSR count). The maximum Gasteiger partial charge on any atom is 0.462 e. The van der Waals surface area contributed by atoms with Crippen molar-refractivity contribution in [2.24, 2.45) is 0 Å². The van der Waals surface area contributed by atoms with Crippen LogP contribution in [0.25, 0.3) is 0 Å². The fourth-order valence-electron chi connectivity index (χ4n) is 2.28. The molecule has 114 valence electrons. The molecule has 21 heavy (non-hydrogen) atoms. The molecule has 2 N–H and O–H groups in total. The number of carbonyl (C=O) groups excluding carboxylic acids is 1. The highest BCUT2D eigenvalue weighted by Crippen LogP contribution is 2.37. The Morgan fingerprint density at radius 2 is 1.81 bits per heavy atom. The number of anilines is 1. The van der Waals surface area contributed by atoms with Gasteiger partial charge in [0.25, 0.3) is 0 Å². The Morgan fingerprint density at radius 3 is 2.29 bits per heavy atom. The summed E-state index contributed by atoms with van der Waals surface area (Å²) in [5.74, 6) is -0.435. The molecule has 1 aliphatic rings. The van der Waals surface area contributed by atoms with E-state index in [1.165, 1.54) is 7.11 Å². The lowest BCUT2D eigenvalue weighted by atomic mass is 9.80. The van der Waals surface area contributed by atoms with Crippen molar-refractivity contribution < 1.29 is 18.8 Å². The molecule has 1 aromatic carbocycles. The third kappa shape index (κ3) is 3.06. The van der Waals surface area contributed by atoms with Gasteiger partial charge in [0.1, 0.15) is 0 Å². The highest BCUT2D eigenvalue weighted by Gasteiger charge is 2.50. The van der Waals surface area contributed by atoms with Gasteiger partial charge in [-0.15, -0.1) is 0 Å². The Labute approximate surface area is 125 Å². The van der Waals surface area contributed by atoms with Gasteiger partial charge in [0.15, 0.2) is 0 Å². The zero-order valence-electron chi connectivity index (χ0n) is 13.2. The van der Waals surface area contributed by atoms with Gasteiger partial charge in [0, 0.05) is 12.0 Å². The number of hydrogen-bond donors (Lipinski definition) is 1. The van der Waals surface area contributed by atoms with E-state index < -0.39 is 5.97 Å². The number of hydrogen-bond acceptors (Lipinski definition) is 5. The van der Waals surface area contributed by atoms with E-state index in [2.05, 4.69) is 4.74 Å². The molecule has 5 nitrogen and oxygen atoms in total. The van der Waals surface area contributed by atoms with Crippen molar-refractivity contribution in [3.8, 4) is 0 Å². The second kappa shape index (κ2) is 5.35. The lowest BCUT2D eigenvalue weighted by molar-refractivity contribution is 0.00578. The van der Waals surface area contributed by atoms with Gasteiger partial charge in [-0.3, -0.25) is 0 Å². The van der Waals surface area contributed by atoms with Crippen molar-refractivity contribution in [2.75, 3.05) is 12.8 Å². The fourth-order valence-corrected chi connectivity index (χ4v) is 2.28. The summed E-state index contributed by atoms with van der Waals surface area (Å²) in [6, 6.07) is 5.27. The summed E-state index contributed by atoms with van der Waals surface area (Å²) in [6.07, 6.45) is 0.582. The first kappa shape index (κ1) is 15.9. The summed E-state index contributed by atoms with van der Waals surface area (Å²) in [5.41, 5.74) is 6.92. The number of esters is 1. The summed E-state index contributed by atoms with van der Waals surface area (Å²) in [4.78, 5) is 11.5. The molecule has 1 saturated heterocycles. The summed E-state index contributed by atoms with van der Waals surface area (Å²) in [6.45, 7) is 8.06. The monoisotopic (exact) mass is 291 g/mol. The lowest BCUT2D eigenvalue weighted by Crippen LogP contribution is -2.41. The normalized spacial score (nSPS) is 19.6. The maximum absolute atomic E-state index is 11.5. The summed E-state index contributed by atoms with van der Waals surface area (Å²) >= 11 is 0. The average Bonchev–Trinajstić information content (AvgIpc) is 2.56. The van der Waals surface area contributed by atoms with Crippen molar-refractivity contribution in [2.45, 2.75) is 45.2 Å². The van der Waals surface area contributed by atoms with E-state index in [-0.39, 0.29) is 18.3 Å². The smallest absolute Gasteiger partial charge is 0.462 e. The highest BCUT2D eigenvalue weighted by atomic mass is 16.7. The van der Waals surface area contributed by atoms with Crippen molar-refractivity contribution >= 4 is 18.8 Å². The third-order valence-corrected chi connectivity index (χ3v) is 4.23. The van der Waals surface area contributed by atoms with Crippen molar-refractivity contribution in [3.63, 3.8) is 0 Å². The van der Waals surface area contributed by atoms with E-state index in [1.54, 1.807) is 12.1 Å². The van der Waals surface area contributed by atoms with Gasteiger partial charge in [0.05, 0.1) is 23.9 Å². The first-order chi connectivity index (χ1) is 9.66. The van der Waals surface area contributed by atoms with E-state index in [4.69, 9.17) is 15.0 Å². The van der Waals surface area contributed by atoms with Crippen LogP contribution in [0.1, 0.15) is 43.6 Å². The Kier molecular flexibility index (Phi) is 4.04. The largest absolute Gasteiger partial charge is 0.465 e. The Hall–Kier alpha value is -1.53. The molecule has 0 atom stereocenters. The van der Waals surface area contributed by atoms with Gasteiger partial charge < -0.3 is 19.8 Å². The molecule has 0 bridgehead atoms. The molecule has 1 heterocycles. The molecule has 1 aliphatic heterocycles. The predicted molar refractivity (Wildman–Crippen MR) is 82.0 cm³/mol. The highest BCUT2D eigenvalue weighted by molar-refractivity contribution is 6.45. The number of ether oxygens (including phenoxy) is 1. The summed E-state index contributed by atoms with van der Waals surface area (Å²) in [5, 5.41) is 0. The Morgan fingerprint density at radius 1 is 1.24 bits per heavy atom. The van der Waals surface area contributed by atoms with Gasteiger partial charge in [-0.05, 0) is 45.4 Å². The van der Waals surface area contributed by atoms with Crippen LogP contribution in [0.4, 0.5) is 5.69 Å². The minimum atomic E-state index is -0.435. The quantitative estimate of drug-likeness (QED) is 0.525. The molecular weight excluding hydrogens is 269 g/mol. The minimum Gasteiger partial charge on any atom is -0.465 e. The zero-order valence-corrected chi connectivity index (χ0v) is 13.2. The van der Waals surface area contributed by atoms with Crippen LogP contribution in [0.5, 0.6) is 0 Å². The first-order valence-electron chi connectivity index (χ1n) is 6.98. The number of nitrogens with two attached hydrogens (primary N) is 1. The van der Waals surface area contributed by atoms with E-state index in [0.717, 1.165) is 5.56 Å². The topological polar surface area (TPSA) is 70.8 Å². The number of benzene rings is 1. The third-order valence-electron chi connectivity index (χ3n) is 4.23. The lowest BCUT2D eigenvalue weighted by Gasteiger charge is -2.32. The molecule has 0 aromatic heterocycles. The van der Waals surface area contributed by atoms with Crippen LogP contribution in [0.3, 0.4) is 0 Å².